The largest absolute Gasteiger partial charge is 0.432 e. The Morgan fingerprint density at radius 1 is 1.37 bits per heavy atom. The van der Waals surface area contributed by atoms with Gasteiger partial charge in [-0.1, -0.05) is 0 Å². The molecule has 0 atom stereocenters. The van der Waals surface area contributed by atoms with Crippen LogP contribution in [0.4, 0.5) is 33.3 Å². The molecule has 0 aliphatic carbocycles. The van der Waals surface area contributed by atoms with E-state index >= 15 is 0 Å². The van der Waals surface area contributed by atoms with Crippen LogP contribution in [-0.2, 0) is 0 Å². The molecule has 0 heterocycles. The van der Waals surface area contributed by atoms with Gasteiger partial charge in [0.25, 0.3) is 5.92 Å². The second-order valence-electron chi connectivity index (χ2n) is 3.62. The average molecular weight is 286 g/mol. The van der Waals surface area contributed by atoms with Crippen LogP contribution in [0, 0.1) is 5.82 Å². The third kappa shape index (κ3) is 4.43. The van der Waals surface area contributed by atoms with Crippen LogP contribution in [0.2, 0.25) is 0 Å². The van der Waals surface area contributed by atoms with Gasteiger partial charge in [0.1, 0.15) is 6.61 Å². The predicted molar refractivity (Wildman–Crippen MR) is 58.0 cm³/mol. The lowest BCUT2D eigenvalue weighted by atomic mass is 10.2. The van der Waals surface area contributed by atoms with Crippen molar-refractivity contribution in [1.29, 1.82) is 0 Å². The number of hydrogen-bond donors (Lipinski definition) is 3. The summed E-state index contributed by atoms with van der Waals surface area (Å²) in [7, 11) is 0. The molecule has 9 heteroatoms. The molecule has 0 saturated carbocycles. The van der Waals surface area contributed by atoms with Gasteiger partial charge in [-0.3, -0.25) is 0 Å². The average Bonchev–Trinajstić information content (AvgIpc) is 2.30. The second-order valence-corrected chi connectivity index (χ2v) is 3.62. The SMILES string of the molecule is Nc1cc(F)c(OC(F)F)cc1NCC(F)(F)CO. The Labute approximate surface area is 105 Å². The number of aliphatic hydroxyl groups excluding tert-OH is 1. The normalized spacial score (nSPS) is 11.7. The number of ether oxygens (including phenoxy) is 1. The lowest BCUT2D eigenvalue weighted by Gasteiger charge is -2.17. The van der Waals surface area contributed by atoms with Gasteiger partial charge in [0.05, 0.1) is 17.9 Å². The molecule has 0 saturated heterocycles. The molecule has 4 nitrogen and oxygen atoms in total. The Balaban J connectivity index is 2.89. The lowest BCUT2D eigenvalue weighted by Crippen LogP contribution is -2.31. The highest BCUT2D eigenvalue weighted by Gasteiger charge is 2.27. The van der Waals surface area contributed by atoms with E-state index in [-0.39, 0.29) is 11.4 Å². The van der Waals surface area contributed by atoms with E-state index in [1.165, 1.54) is 0 Å². The number of rotatable bonds is 6. The van der Waals surface area contributed by atoms with Crippen LogP contribution >= 0.6 is 0 Å². The topological polar surface area (TPSA) is 67.5 Å². The van der Waals surface area contributed by atoms with Crippen molar-refractivity contribution in [3.8, 4) is 5.75 Å². The fourth-order valence-electron chi connectivity index (χ4n) is 1.19. The smallest absolute Gasteiger partial charge is 0.387 e. The molecule has 0 spiro atoms. The number of nitrogens with two attached hydrogens (primary N) is 1. The summed E-state index contributed by atoms with van der Waals surface area (Å²) in [5, 5.41) is 10.5. The molecule has 0 aliphatic rings. The molecule has 4 N–H and O–H groups in total. The summed E-state index contributed by atoms with van der Waals surface area (Å²) in [5.41, 5.74) is 4.88. The number of nitrogens with one attached hydrogen (secondary N) is 1. The minimum Gasteiger partial charge on any atom is -0.432 e. The lowest BCUT2D eigenvalue weighted by molar-refractivity contribution is -0.0522. The quantitative estimate of drug-likeness (QED) is 0.553. The van der Waals surface area contributed by atoms with Crippen LogP contribution in [0.5, 0.6) is 5.75 Å². The van der Waals surface area contributed by atoms with E-state index in [1.807, 2.05) is 0 Å². The van der Waals surface area contributed by atoms with Crippen molar-refractivity contribution in [3.63, 3.8) is 0 Å². The fourth-order valence-corrected chi connectivity index (χ4v) is 1.19. The number of hydrogen-bond acceptors (Lipinski definition) is 4. The summed E-state index contributed by atoms with van der Waals surface area (Å²) in [6.45, 7) is -5.65. The number of halogens is 5. The van der Waals surface area contributed by atoms with E-state index in [0.717, 1.165) is 6.07 Å². The Kier molecular flexibility index (Phi) is 4.76. The van der Waals surface area contributed by atoms with E-state index < -0.39 is 37.3 Å². The Hall–Kier alpha value is -1.77. The van der Waals surface area contributed by atoms with Gasteiger partial charge in [-0.15, -0.1) is 0 Å². The van der Waals surface area contributed by atoms with Crippen molar-refractivity contribution in [3.05, 3.63) is 17.9 Å². The summed E-state index contributed by atoms with van der Waals surface area (Å²) >= 11 is 0. The minimum absolute atomic E-state index is 0.204. The molecular formula is C10H11F5N2O2. The Morgan fingerprint density at radius 3 is 2.53 bits per heavy atom. The molecule has 108 valence electrons. The molecule has 1 aromatic carbocycles. The van der Waals surface area contributed by atoms with Gasteiger partial charge < -0.3 is 20.9 Å². The van der Waals surface area contributed by atoms with Crippen LogP contribution in [0.1, 0.15) is 0 Å². The van der Waals surface area contributed by atoms with E-state index in [9.17, 15) is 22.0 Å². The standard InChI is InChI=1S/C10H11F5N2O2/c11-5-1-6(16)7(2-8(5)19-9(12)13)17-3-10(14,15)4-18/h1-2,9,17-18H,3-4,16H2. The first-order valence-electron chi connectivity index (χ1n) is 5.01. The van der Waals surface area contributed by atoms with Crippen molar-refractivity contribution >= 4 is 11.4 Å². The van der Waals surface area contributed by atoms with Crippen LogP contribution in [0.15, 0.2) is 12.1 Å². The monoisotopic (exact) mass is 286 g/mol. The first-order valence-corrected chi connectivity index (χ1v) is 5.01. The highest BCUT2D eigenvalue weighted by molar-refractivity contribution is 5.68. The maximum absolute atomic E-state index is 13.2. The summed E-state index contributed by atoms with van der Waals surface area (Å²) in [6, 6.07) is 1.40. The first kappa shape index (κ1) is 15.3. The molecule has 0 radical (unpaired) electrons. The summed E-state index contributed by atoms with van der Waals surface area (Å²) in [5.74, 6) is -5.39. The predicted octanol–water partition coefficient (Wildman–Crippen LogP) is 2.05. The zero-order chi connectivity index (χ0) is 14.6. The Morgan fingerprint density at radius 2 is 2.00 bits per heavy atom. The maximum atomic E-state index is 13.2. The maximum Gasteiger partial charge on any atom is 0.387 e. The molecule has 0 unspecified atom stereocenters. The van der Waals surface area contributed by atoms with Gasteiger partial charge in [0.15, 0.2) is 11.6 Å². The van der Waals surface area contributed by atoms with Gasteiger partial charge in [-0.2, -0.15) is 8.78 Å². The molecule has 19 heavy (non-hydrogen) atoms. The second kappa shape index (κ2) is 5.91. The van der Waals surface area contributed by atoms with E-state index in [2.05, 4.69) is 10.1 Å². The fraction of sp³-hybridized carbons (Fsp3) is 0.400. The molecule has 1 aromatic rings. The van der Waals surface area contributed by atoms with Crippen LogP contribution in [-0.4, -0.2) is 30.8 Å². The van der Waals surface area contributed by atoms with Crippen molar-refractivity contribution < 1.29 is 31.8 Å². The van der Waals surface area contributed by atoms with E-state index in [0.29, 0.717) is 6.07 Å². The highest BCUT2D eigenvalue weighted by atomic mass is 19.3. The number of nitrogen functional groups attached to an aromatic ring is 1. The van der Waals surface area contributed by atoms with Gasteiger partial charge >= 0.3 is 6.61 Å². The van der Waals surface area contributed by atoms with Gasteiger partial charge in [0.2, 0.25) is 0 Å². The molecule has 0 bridgehead atoms. The van der Waals surface area contributed by atoms with Crippen molar-refractivity contribution in [2.24, 2.45) is 0 Å². The number of anilines is 2. The van der Waals surface area contributed by atoms with Crippen LogP contribution in [0.3, 0.4) is 0 Å². The zero-order valence-corrected chi connectivity index (χ0v) is 9.47. The molecule has 1 rings (SSSR count). The zero-order valence-electron chi connectivity index (χ0n) is 9.47. The first-order chi connectivity index (χ1) is 8.75. The van der Waals surface area contributed by atoms with Gasteiger partial charge in [-0.25, -0.2) is 13.2 Å². The summed E-state index contributed by atoms with van der Waals surface area (Å²) in [6.07, 6.45) is 0. The van der Waals surface area contributed by atoms with Crippen LogP contribution in [0.25, 0.3) is 0 Å². The third-order valence-corrected chi connectivity index (χ3v) is 2.09. The Bertz CT molecular complexity index is 442. The van der Waals surface area contributed by atoms with Crippen molar-refractivity contribution in [1.82, 2.24) is 0 Å². The minimum atomic E-state index is -3.43. The molecule has 0 fully saturated rings. The van der Waals surface area contributed by atoms with Crippen molar-refractivity contribution in [2.75, 3.05) is 24.2 Å². The summed E-state index contributed by atoms with van der Waals surface area (Å²) in [4.78, 5) is 0. The molecular weight excluding hydrogens is 275 g/mol. The molecule has 0 aromatic heterocycles. The van der Waals surface area contributed by atoms with Crippen LogP contribution < -0.4 is 15.8 Å². The number of alkyl halides is 4. The van der Waals surface area contributed by atoms with E-state index in [4.69, 9.17) is 10.8 Å². The van der Waals surface area contributed by atoms with Gasteiger partial charge in [-0.05, 0) is 0 Å². The summed E-state index contributed by atoms with van der Waals surface area (Å²) < 4.78 is 66.5. The highest BCUT2D eigenvalue weighted by Crippen LogP contribution is 2.30. The third-order valence-electron chi connectivity index (χ3n) is 2.09. The molecule has 0 amide bonds. The number of benzene rings is 1. The molecule has 0 aliphatic heterocycles. The number of aliphatic hydroxyl groups is 1. The van der Waals surface area contributed by atoms with Crippen molar-refractivity contribution in [2.45, 2.75) is 12.5 Å². The van der Waals surface area contributed by atoms with E-state index in [1.54, 1.807) is 0 Å². The van der Waals surface area contributed by atoms with Gasteiger partial charge in [0, 0.05) is 12.1 Å².